The SMILES string of the molecule is CO[C@@H]1OC2COC1CC2=O. The molecule has 3 fully saturated rings. The first-order valence-corrected chi connectivity index (χ1v) is 3.64. The van der Waals surface area contributed by atoms with Gasteiger partial charge in [0.25, 0.3) is 0 Å². The molecule has 0 aromatic carbocycles. The molecule has 3 heterocycles. The van der Waals surface area contributed by atoms with E-state index < -0.39 is 0 Å². The van der Waals surface area contributed by atoms with E-state index in [2.05, 4.69) is 0 Å². The van der Waals surface area contributed by atoms with Crippen molar-refractivity contribution in [3.05, 3.63) is 0 Å². The summed E-state index contributed by atoms with van der Waals surface area (Å²) in [6.45, 7) is 0.392. The minimum Gasteiger partial charge on any atom is -0.369 e. The number of hydrogen-bond donors (Lipinski definition) is 0. The molecule has 2 bridgehead atoms. The number of hydrogen-bond acceptors (Lipinski definition) is 4. The van der Waals surface area contributed by atoms with Crippen LogP contribution in [0.3, 0.4) is 0 Å². The lowest BCUT2D eigenvalue weighted by molar-refractivity contribution is -0.279. The van der Waals surface area contributed by atoms with Crippen molar-refractivity contribution in [3.63, 3.8) is 0 Å². The molecule has 62 valence electrons. The third-order valence-electron chi connectivity index (χ3n) is 2.06. The zero-order chi connectivity index (χ0) is 7.84. The summed E-state index contributed by atoms with van der Waals surface area (Å²) < 4.78 is 15.5. The Morgan fingerprint density at radius 1 is 1.64 bits per heavy atom. The summed E-state index contributed by atoms with van der Waals surface area (Å²) >= 11 is 0. The molecule has 3 saturated heterocycles. The number of carbonyl (C=O) groups excluding carboxylic acids is 1. The van der Waals surface area contributed by atoms with Crippen molar-refractivity contribution in [3.8, 4) is 0 Å². The van der Waals surface area contributed by atoms with Gasteiger partial charge in [-0.25, -0.2) is 0 Å². The molecule has 0 N–H and O–H groups in total. The van der Waals surface area contributed by atoms with Crippen molar-refractivity contribution >= 4 is 5.78 Å². The number of methoxy groups -OCH3 is 1. The maximum Gasteiger partial charge on any atom is 0.184 e. The first-order valence-electron chi connectivity index (χ1n) is 3.64. The highest BCUT2D eigenvalue weighted by atomic mass is 16.7. The number of carbonyl (C=O) groups is 1. The normalized spacial score (nSPS) is 43.0. The Labute approximate surface area is 64.4 Å². The highest BCUT2D eigenvalue weighted by Crippen LogP contribution is 2.26. The zero-order valence-electron chi connectivity index (χ0n) is 6.28. The molecule has 4 heteroatoms. The summed E-state index contributed by atoms with van der Waals surface area (Å²) in [6, 6.07) is 0. The van der Waals surface area contributed by atoms with E-state index in [1.165, 1.54) is 0 Å². The Morgan fingerprint density at radius 2 is 2.45 bits per heavy atom. The lowest BCUT2D eigenvalue weighted by Gasteiger charge is -2.39. The molecule has 2 unspecified atom stereocenters. The van der Waals surface area contributed by atoms with Gasteiger partial charge in [0.2, 0.25) is 0 Å². The molecule has 11 heavy (non-hydrogen) atoms. The van der Waals surface area contributed by atoms with Crippen LogP contribution in [0.2, 0.25) is 0 Å². The summed E-state index contributed by atoms with van der Waals surface area (Å²) in [5.41, 5.74) is 0. The molecule has 0 aromatic heterocycles. The second kappa shape index (κ2) is 2.55. The van der Waals surface area contributed by atoms with Crippen LogP contribution in [-0.4, -0.2) is 38.0 Å². The van der Waals surface area contributed by atoms with E-state index in [0.29, 0.717) is 13.0 Å². The molecule has 0 aromatic rings. The van der Waals surface area contributed by atoms with Crippen LogP contribution in [0.25, 0.3) is 0 Å². The minimum absolute atomic E-state index is 0.134. The van der Waals surface area contributed by atoms with Crippen molar-refractivity contribution in [2.45, 2.75) is 24.9 Å². The van der Waals surface area contributed by atoms with E-state index in [1.54, 1.807) is 7.11 Å². The van der Waals surface area contributed by atoms with E-state index >= 15 is 0 Å². The molecule has 0 spiro atoms. The van der Waals surface area contributed by atoms with Crippen molar-refractivity contribution in [1.29, 1.82) is 0 Å². The average molecular weight is 158 g/mol. The largest absolute Gasteiger partial charge is 0.369 e. The fraction of sp³-hybridized carbons (Fsp3) is 0.857. The van der Waals surface area contributed by atoms with Gasteiger partial charge in [0.15, 0.2) is 12.1 Å². The van der Waals surface area contributed by atoms with E-state index in [9.17, 15) is 4.79 Å². The summed E-state index contributed by atoms with van der Waals surface area (Å²) in [4.78, 5) is 11.1. The molecule has 0 saturated carbocycles. The predicted octanol–water partition coefficient (Wildman–Crippen LogP) is -0.284. The molecule has 0 amide bonds. The van der Waals surface area contributed by atoms with E-state index in [-0.39, 0.29) is 24.3 Å². The van der Waals surface area contributed by atoms with Gasteiger partial charge in [-0.2, -0.15) is 0 Å². The van der Waals surface area contributed by atoms with Crippen LogP contribution in [0.5, 0.6) is 0 Å². The number of Topliss-reactive ketones (excluding diaryl/α,β-unsaturated/α-hetero) is 1. The monoisotopic (exact) mass is 158 g/mol. The van der Waals surface area contributed by atoms with Crippen LogP contribution in [0.15, 0.2) is 0 Å². The quantitative estimate of drug-likeness (QED) is 0.526. The van der Waals surface area contributed by atoms with Crippen LogP contribution in [-0.2, 0) is 19.0 Å². The first kappa shape index (κ1) is 7.21. The smallest absolute Gasteiger partial charge is 0.184 e. The van der Waals surface area contributed by atoms with Gasteiger partial charge in [-0.05, 0) is 0 Å². The van der Waals surface area contributed by atoms with Gasteiger partial charge < -0.3 is 14.2 Å². The Kier molecular flexibility index (Phi) is 1.67. The van der Waals surface area contributed by atoms with E-state index in [1.807, 2.05) is 0 Å². The Bertz CT molecular complexity index is 179. The standard InChI is InChI=1S/C7H10O4/c1-9-7-5-2-4(8)6(11-7)3-10-5/h5-7H,2-3H2,1H3/t5?,6?,7-/m1/s1. The van der Waals surface area contributed by atoms with Gasteiger partial charge >= 0.3 is 0 Å². The lowest BCUT2D eigenvalue weighted by Crippen LogP contribution is -2.54. The number of ketones is 1. The molecular weight excluding hydrogens is 148 g/mol. The highest BCUT2D eigenvalue weighted by Gasteiger charge is 2.43. The third kappa shape index (κ3) is 1.07. The topological polar surface area (TPSA) is 44.8 Å². The summed E-state index contributed by atoms with van der Waals surface area (Å²) in [7, 11) is 1.55. The first-order chi connectivity index (χ1) is 5.31. The second-order valence-electron chi connectivity index (χ2n) is 2.77. The van der Waals surface area contributed by atoms with Crippen LogP contribution >= 0.6 is 0 Å². The summed E-state index contributed by atoms with van der Waals surface area (Å²) in [5, 5.41) is 0. The molecule has 0 radical (unpaired) electrons. The van der Waals surface area contributed by atoms with E-state index in [4.69, 9.17) is 14.2 Å². The molecule has 3 aliphatic rings. The van der Waals surface area contributed by atoms with Crippen LogP contribution < -0.4 is 0 Å². The summed E-state index contributed by atoms with van der Waals surface area (Å²) in [5.74, 6) is 0.134. The van der Waals surface area contributed by atoms with Crippen LogP contribution in [0.1, 0.15) is 6.42 Å². The summed E-state index contributed by atoms with van der Waals surface area (Å²) in [6.07, 6.45) is -0.475. The molecule has 0 aliphatic carbocycles. The lowest BCUT2D eigenvalue weighted by atomic mass is 10.0. The predicted molar refractivity (Wildman–Crippen MR) is 35.0 cm³/mol. The average Bonchev–Trinajstić information content (AvgIpc) is 2.05. The van der Waals surface area contributed by atoms with Gasteiger partial charge in [0.1, 0.15) is 12.2 Å². The Hall–Kier alpha value is -0.450. The van der Waals surface area contributed by atoms with Crippen molar-refractivity contribution < 1.29 is 19.0 Å². The molecule has 3 atom stereocenters. The van der Waals surface area contributed by atoms with Crippen molar-refractivity contribution in [2.24, 2.45) is 0 Å². The number of ether oxygens (including phenoxy) is 3. The van der Waals surface area contributed by atoms with Crippen LogP contribution in [0, 0.1) is 0 Å². The molecule has 4 nitrogen and oxygen atoms in total. The van der Waals surface area contributed by atoms with E-state index in [0.717, 1.165) is 0 Å². The third-order valence-corrected chi connectivity index (χ3v) is 2.06. The maximum atomic E-state index is 11.1. The fourth-order valence-corrected chi connectivity index (χ4v) is 1.44. The maximum absolute atomic E-state index is 11.1. The molecule has 3 rings (SSSR count). The van der Waals surface area contributed by atoms with Gasteiger partial charge in [-0.3, -0.25) is 4.79 Å². The molecule has 3 aliphatic heterocycles. The number of fused-ring (bicyclic) bond motifs is 3. The van der Waals surface area contributed by atoms with Crippen LogP contribution in [0.4, 0.5) is 0 Å². The van der Waals surface area contributed by atoms with Crippen molar-refractivity contribution in [2.75, 3.05) is 13.7 Å². The molecular formula is C7H10O4. The minimum atomic E-state index is -0.384. The fourth-order valence-electron chi connectivity index (χ4n) is 1.44. The second-order valence-corrected chi connectivity index (χ2v) is 2.77. The van der Waals surface area contributed by atoms with Crippen molar-refractivity contribution in [1.82, 2.24) is 0 Å². The Balaban J connectivity index is 2.10. The van der Waals surface area contributed by atoms with Gasteiger partial charge in [0.05, 0.1) is 6.61 Å². The van der Waals surface area contributed by atoms with Gasteiger partial charge in [-0.15, -0.1) is 0 Å². The van der Waals surface area contributed by atoms with Gasteiger partial charge in [-0.1, -0.05) is 0 Å². The van der Waals surface area contributed by atoms with Gasteiger partial charge in [0, 0.05) is 13.5 Å². The Morgan fingerprint density at radius 3 is 2.91 bits per heavy atom. The zero-order valence-corrected chi connectivity index (χ0v) is 6.28. The number of rotatable bonds is 1. The highest BCUT2D eigenvalue weighted by molar-refractivity contribution is 5.85.